The minimum absolute atomic E-state index is 0.0104. The summed E-state index contributed by atoms with van der Waals surface area (Å²) in [6, 6.07) is 0. The van der Waals surface area contributed by atoms with Crippen molar-refractivity contribution in [2.24, 2.45) is 5.92 Å². The van der Waals surface area contributed by atoms with Gasteiger partial charge >= 0.3 is 5.97 Å². The summed E-state index contributed by atoms with van der Waals surface area (Å²) in [6.07, 6.45) is -0.770. The highest BCUT2D eigenvalue weighted by molar-refractivity contribution is 8.04. The molecule has 7 heteroatoms. The van der Waals surface area contributed by atoms with E-state index in [0.717, 1.165) is 0 Å². The van der Waals surface area contributed by atoms with Crippen LogP contribution in [0.1, 0.15) is 6.92 Å². The largest absolute Gasteiger partial charge is 0.477 e. The molecule has 2 heterocycles. The summed E-state index contributed by atoms with van der Waals surface area (Å²) >= 11 is 1.28. The summed E-state index contributed by atoms with van der Waals surface area (Å²) in [5.41, 5.74) is -0.0104. The van der Waals surface area contributed by atoms with Crippen LogP contribution >= 0.6 is 11.8 Å². The number of carbonyl (C=O) groups excluding carboxylic acids is 1. The molecule has 6 nitrogen and oxygen atoms in total. The average molecular weight is 259 g/mol. The number of carbonyl (C=O) groups is 2. The first kappa shape index (κ1) is 12.4. The van der Waals surface area contributed by atoms with Gasteiger partial charge in [-0.25, -0.2) is 4.79 Å². The third kappa shape index (κ3) is 1.74. The van der Waals surface area contributed by atoms with E-state index in [0.29, 0.717) is 4.91 Å². The first-order chi connectivity index (χ1) is 7.99. The van der Waals surface area contributed by atoms with Crippen LogP contribution in [0.5, 0.6) is 0 Å². The molecule has 0 aromatic carbocycles. The highest BCUT2D eigenvalue weighted by Gasteiger charge is 2.57. The van der Waals surface area contributed by atoms with E-state index in [9.17, 15) is 14.7 Å². The van der Waals surface area contributed by atoms with Gasteiger partial charge in [-0.05, 0) is 6.92 Å². The maximum absolute atomic E-state index is 11.8. The Hall–Kier alpha value is -1.05. The number of β-lactam (4-membered cyclic amide) rings is 1. The van der Waals surface area contributed by atoms with Crippen LogP contribution in [-0.2, 0) is 14.3 Å². The van der Waals surface area contributed by atoms with Gasteiger partial charge in [-0.2, -0.15) is 0 Å². The van der Waals surface area contributed by atoms with Crippen molar-refractivity contribution >= 4 is 23.6 Å². The molecule has 1 saturated heterocycles. The van der Waals surface area contributed by atoms with Crippen molar-refractivity contribution in [3.8, 4) is 0 Å². The van der Waals surface area contributed by atoms with Crippen LogP contribution in [-0.4, -0.2) is 52.2 Å². The summed E-state index contributed by atoms with van der Waals surface area (Å²) in [7, 11) is 1.47. The number of carboxylic acid groups (broad SMARTS) is 1. The second-order valence-corrected chi connectivity index (χ2v) is 5.20. The molecule has 3 atom stereocenters. The number of aliphatic hydroxyl groups is 1. The number of carboxylic acids is 1. The van der Waals surface area contributed by atoms with E-state index in [-0.39, 0.29) is 23.6 Å². The zero-order chi connectivity index (χ0) is 12.7. The number of rotatable bonds is 4. The van der Waals surface area contributed by atoms with Gasteiger partial charge in [-0.1, -0.05) is 11.8 Å². The molecule has 0 unspecified atom stereocenters. The van der Waals surface area contributed by atoms with Crippen molar-refractivity contribution in [2.45, 2.75) is 18.4 Å². The molecule has 1 fully saturated rings. The first-order valence-electron chi connectivity index (χ1n) is 5.12. The summed E-state index contributed by atoms with van der Waals surface area (Å²) in [5.74, 6) is -1.99. The maximum atomic E-state index is 11.8. The normalized spacial score (nSPS) is 29.1. The van der Waals surface area contributed by atoms with Crippen LogP contribution in [0, 0.1) is 5.92 Å². The number of ether oxygens (including phenoxy) is 1. The Labute approximate surface area is 102 Å². The molecule has 2 aliphatic rings. The summed E-state index contributed by atoms with van der Waals surface area (Å²) in [4.78, 5) is 24.6. The number of aliphatic carboxylic acids is 1. The lowest BCUT2D eigenvalue weighted by Crippen LogP contribution is -2.60. The summed E-state index contributed by atoms with van der Waals surface area (Å²) in [5, 5.41) is 18.3. The molecule has 2 rings (SSSR count). The zero-order valence-corrected chi connectivity index (χ0v) is 10.2. The van der Waals surface area contributed by atoms with E-state index in [2.05, 4.69) is 0 Å². The molecular formula is C10H13NO5S. The van der Waals surface area contributed by atoms with Crippen LogP contribution in [0.3, 0.4) is 0 Å². The van der Waals surface area contributed by atoms with E-state index in [1.54, 1.807) is 0 Å². The molecule has 0 saturated carbocycles. The van der Waals surface area contributed by atoms with Crippen LogP contribution in [0.15, 0.2) is 10.6 Å². The topological polar surface area (TPSA) is 87.1 Å². The molecule has 0 radical (unpaired) electrons. The second-order valence-electron chi connectivity index (χ2n) is 3.99. The third-order valence-corrected chi connectivity index (χ3v) is 4.19. The molecule has 0 aromatic rings. The molecule has 0 aliphatic carbocycles. The van der Waals surface area contributed by atoms with Crippen molar-refractivity contribution in [1.29, 1.82) is 0 Å². The molecule has 0 spiro atoms. The number of amides is 1. The Kier molecular flexibility index (Phi) is 3.15. The van der Waals surface area contributed by atoms with Gasteiger partial charge in [-0.3, -0.25) is 9.69 Å². The molecule has 1 amide bonds. The van der Waals surface area contributed by atoms with E-state index in [1.807, 2.05) is 0 Å². The number of aliphatic hydroxyl groups excluding tert-OH is 1. The van der Waals surface area contributed by atoms with Gasteiger partial charge in [0.2, 0.25) is 5.91 Å². The van der Waals surface area contributed by atoms with Gasteiger partial charge in [0.1, 0.15) is 11.1 Å². The first-order valence-corrected chi connectivity index (χ1v) is 6.00. The predicted molar refractivity (Wildman–Crippen MR) is 59.9 cm³/mol. The van der Waals surface area contributed by atoms with Crippen molar-refractivity contribution in [3.63, 3.8) is 0 Å². The van der Waals surface area contributed by atoms with E-state index < -0.39 is 18.0 Å². The van der Waals surface area contributed by atoms with Gasteiger partial charge < -0.3 is 14.9 Å². The van der Waals surface area contributed by atoms with Gasteiger partial charge in [0.25, 0.3) is 0 Å². The minimum atomic E-state index is -1.13. The number of hydrogen-bond acceptors (Lipinski definition) is 5. The van der Waals surface area contributed by atoms with E-state index in [4.69, 9.17) is 9.84 Å². The van der Waals surface area contributed by atoms with E-state index >= 15 is 0 Å². The van der Waals surface area contributed by atoms with Crippen LogP contribution in [0.2, 0.25) is 0 Å². The van der Waals surface area contributed by atoms with Crippen LogP contribution in [0.25, 0.3) is 0 Å². The maximum Gasteiger partial charge on any atom is 0.353 e. The highest BCUT2D eigenvalue weighted by Crippen LogP contribution is 2.50. The van der Waals surface area contributed by atoms with Crippen molar-refractivity contribution in [1.82, 2.24) is 4.90 Å². The lowest BCUT2D eigenvalue weighted by molar-refractivity contribution is -0.156. The standard InChI is InChI=1S/C10H13NO5S/c1-4(12)6-8(13)11-7(10(14)15)5(3-16-2)17-9(6)11/h4,6,9,12H,3H2,1-2H3,(H,14,15)/t4-,6+,9-/m1/s1. The number of thioether (sulfide) groups is 1. The smallest absolute Gasteiger partial charge is 0.353 e. The lowest BCUT2D eigenvalue weighted by atomic mass is 9.92. The molecule has 0 aromatic heterocycles. The SMILES string of the molecule is COCC1=C(C(=O)O)N2C(=O)[C@H]([C@@H](C)O)[C@H]2S1. The van der Waals surface area contributed by atoms with Crippen LogP contribution < -0.4 is 0 Å². The minimum Gasteiger partial charge on any atom is -0.477 e. The van der Waals surface area contributed by atoms with Gasteiger partial charge in [0.05, 0.1) is 18.6 Å². The van der Waals surface area contributed by atoms with Crippen molar-refractivity contribution in [3.05, 3.63) is 10.6 Å². The highest BCUT2D eigenvalue weighted by atomic mass is 32.2. The van der Waals surface area contributed by atoms with Gasteiger partial charge in [-0.15, -0.1) is 0 Å². The van der Waals surface area contributed by atoms with Gasteiger partial charge in [0, 0.05) is 12.0 Å². The fourth-order valence-electron chi connectivity index (χ4n) is 2.09. The Morgan fingerprint density at radius 2 is 2.29 bits per heavy atom. The third-order valence-electron chi connectivity index (χ3n) is 2.85. The predicted octanol–water partition coefficient (Wildman–Crippen LogP) is -0.159. The van der Waals surface area contributed by atoms with E-state index in [1.165, 1.54) is 30.7 Å². The van der Waals surface area contributed by atoms with Gasteiger partial charge in [0.15, 0.2) is 0 Å². The van der Waals surface area contributed by atoms with Crippen molar-refractivity contribution < 1.29 is 24.5 Å². The molecular weight excluding hydrogens is 246 g/mol. The summed E-state index contributed by atoms with van der Waals surface area (Å²) < 4.78 is 4.92. The number of hydrogen-bond donors (Lipinski definition) is 2. The number of fused-ring (bicyclic) bond motifs is 1. The number of nitrogens with zero attached hydrogens (tertiary/aromatic N) is 1. The number of methoxy groups -OCH3 is 1. The molecule has 0 bridgehead atoms. The molecule has 94 valence electrons. The fourth-order valence-corrected chi connectivity index (χ4v) is 3.67. The Morgan fingerprint density at radius 3 is 2.76 bits per heavy atom. The Balaban J connectivity index is 2.26. The van der Waals surface area contributed by atoms with Crippen LogP contribution in [0.4, 0.5) is 0 Å². The summed E-state index contributed by atoms with van der Waals surface area (Å²) in [6.45, 7) is 1.70. The second kappa shape index (κ2) is 4.32. The Bertz CT molecular complexity index is 406. The van der Waals surface area contributed by atoms with Crippen molar-refractivity contribution in [2.75, 3.05) is 13.7 Å². The molecule has 17 heavy (non-hydrogen) atoms. The zero-order valence-electron chi connectivity index (χ0n) is 9.41. The average Bonchev–Trinajstić information content (AvgIpc) is 2.53. The fraction of sp³-hybridized carbons (Fsp3) is 0.600. The quantitative estimate of drug-likeness (QED) is 0.682. The molecule has 2 aliphatic heterocycles. The Morgan fingerprint density at radius 1 is 1.65 bits per heavy atom. The molecule has 2 N–H and O–H groups in total. The monoisotopic (exact) mass is 259 g/mol. The lowest BCUT2D eigenvalue weighted by Gasteiger charge is -2.43.